The molecular weight excluding hydrogens is 348 g/mol. The summed E-state index contributed by atoms with van der Waals surface area (Å²) in [6.45, 7) is 7.35. The molecule has 0 amide bonds. The van der Waals surface area contributed by atoms with E-state index in [1.54, 1.807) is 18.2 Å². The third-order valence-corrected chi connectivity index (χ3v) is 4.77. The lowest BCUT2D eigenvalue weighted by molar-refractivity contribution is -0.383. The van der Waals surface area contributed by atoms with E-state index in [2.05, 4.69) is 29.0 Å². The van der Waals surface area contributed by atoms with Crippen LogP contribution in [-0.4, -0.2) is 46.1 Å². The summed E-state index contributed by atoms with van der Waals surface area (Å²) in [5.74, 6) is -0.156. The topological polar surface area (TPSA) is 112 Å². The molecule has 0 aliphatic rings. The number of phenols is 1. The second-order valence-corrected chi connectivity index (χ2v) is 6.25. The largest absolute Gasteiger partial charge is 0.507 e. The summed E-state index contributed by atoms with van der Waals surface area (Å²) in [5, 5.41) is 25.1. The number of aromatic hydroxyl groups is 1. The van der Waals surface area contributed by atoms with Crippen molar-refractivity contribution in [1.82, 2.24) is 9.88 Å². The fourth-order valence-corrected chi connectivity index (χ4v) is 3.28. The highest BCUT2D eigenvalue weighted by atomic mass is 16.6. The number of fused-ring (bicyclic) bond motifs is 2. The van der Waals surface area contributed by atoms with Gasteiger partial charge in [-0.3, -0.25) is 14.9 Å². The van der Waals surface area contributed by atoms with Crippen molar-refractivity contribution < 1.29 is 10.0 Å². The number of nitro benzene ring substituents is 1. The first-order chi connectivity index (χ1) is 13.0. The molecule has 0 saturated carbocycles. The molecule has 3 aromatic rings. The Morgan fingerprint density at radius 1 is 1.19 bits per heavy atom. The van der Waals surface area contributed by atoms with Crippen molar-refractivity contribution in [3.63, 3.8) is 0 Å². The van der Waals surface area contributed by atoms with E-state index >= 15 is 0 Å². The average Bonchev–Trinajstić information content (AvgIpc) is 2.64. The molecule has 0 atom stereocenters. The molecule has 3 N–H and O–H groups in total. The van der Waals surface area contributed by atoms with Gasteiger partial charge >= 0.3 is 0 Å². The molecule has 0 aliphatic carbocycles. The Morgan fingerprint density at radius 3 is 2.59 bits per heavy atom. The SMILES string of the molecule is CCN(CC)CCNc1ccc([N+](=O)[O-])c2[nH]c3cccc(O)c3c(=O)c12. The first kappa shape index (κ1) is 18.7. The van der Waals surface area contributed by atoms with Crippen LogP contribution in [0.2, 0.25) is 0 Å². The van der Waals surface area contributed by atoms with Gasteiger partial charge in [0.2, 0.25) is 5.43 Å². The van der Waals surface area contributed by atoms with Crippen molar-refractivity contribution >= 4 is 33.2 Å². The van der Waals surface area contributed by atoms with Gasteiger partial charge in [0.1, 0.15) is 11.3 Å². The molecule has 3 rings (SSSR count). The summed E-state index contributed by atoms with van der Waals surface area (Å²) in [6.07, 6.45) is 0. The number of anilines is 1. The fraction of sp³-hybridized carbons (Fsp3) is 0.316. The number of H-pyrrole nitrogens is 1. The minimum atomic E-state index is -0.521. The predicted octanol–water partition coefficient (Wildman–Crippen LogP) is 3.05. The monoisotopic (exact) mass is 370 g/mol. The standard InChI is InChI=1S/C19H22N4O4/c1-3-22(4-2)11-10-20-12-8-9-14(23(26)27)18-17(12)19(25)16-13(21-18)6-5-7-15(16)24/h5-9,20,24H,3-4,10-11H2,1-2H3,(H,21,25). The maximum atomic E-state index is 13.1. The lowest BCUT2D eigenvalue weighted by Crippen LogP contribution is -2.28. The Bertz CT molecular complexity index is 1060. The summed E-state index contributed by atoms with van der Waals surface area (Å²) < 4.78 is 0. The molecule has 0 aliphatic heterocycles. The van der Waals surface area contributed by atoms with Crippen LogP contribution < -0.4 is 10.7 Å². The zero-order chi connectivity index (χ0) is 19.6. The molecular formula is C19H22N4O4. The van der Waals surface area contributed by atoms with E-state index in [9.17, 15) is 20.0 Å². The van der Waals surface area contributed by atoms with Gasteiger partial charge in [-0.05, 0) is 31.3 Å². The smallest absolute Gasteiger partial charge is 0.293 e. The van der Waals surface area contributed by atoms with Crippen LogP contribution in [0.1, 0.15) is 13.8 Å². The van der Waals surface area contributed by atoms with Crippen molar-refractivity contribution in [3.8, 4) is 5.75 Å². The quantitative estimate of drug-likeness (QED) is 0.335. The number of aromatic nitrogens is 1. The zero-order valence-electron chi connectivity index (χ0n) is 15.3. The highest BCUT2D eigenvalue weighted by molar-refractivity contribution is 6.04. The Balaban J connectivity index is 2.17. The molecule has 1 heterocycles. The second-order valence-electron chi connectivity index (χ2n) is 6.25. The van der Waals surface area contributed by atoms with Crippen molar-refractivity contribution in [3.05, 3.63) is 50.7 Å². The van der Waals surface area contributed by atoms with Crippen LogP contribution in [0.5, 0.6) is 5.75 Å². The number of rotatable bonds is 7. The minimum absolute atomic E-state index is 0.122. The number of aromatic amines is 1. The normalized spacial score (nSPS) is 11.4. The number of phenolic OH excluding ortho intramolecular Hbond substituents is 1. The molecule has 8 heteroatoms. The Morgan fingerprint density at radius 2 is 1.93 bits per heavy atom. The van der Waals surface area contributed by atoms with E-state index in [1.165, 1.54) is 12.1 Å². The molecule has 0 unspecified atom stereocenters. The van der Waals surface area contributed by atoms with Crippen LogP contribution in [-0.2, 0) is 0 Å². The van der Waals surface area contributed by atoms with E-state index < -0.39 is 10.4 Å². The van der Waals surface area contributed by atoms with Gasteiger partial charge in [0.15, 0.2) is 0 Å². The number of nitrogens with zero attached hydrogens (tertiary/aromatic N) is 2. The van der Waals surface area contributed by atoms with E-state index in [0.717, 1.165) is 19.6 Å². The Kier molecular flexibility index (Phi) is 5.27. The first-order valence-electron chi connectivity index (χ1n) is 8.89. The molecule has 2 aromatic carbocycles. The first-order valence-corrected chi connectivity index (χ1v) is 8.89. The van der Waals surface area contributed by atoms with Crippen LogP contribution in [0.15, 0.2) is 35.1 Å². The van der Waals surface area contributed by atoms with Gasteiger partial charge in [-0.2, -0.15) is 0 Å². The van der Waals surface area contributed by atoms with Crippen molar-refractivity contribution in [2.75, 3.05) is 31.5 Å². The minimum Gasteiger partial charge on any atom is -0.507 e. The zero-order valence-corrected chi connectivity index (χ0v) is 15.3. The number of hydrogen-bond donors (Lipinski definition) is 3. The van der Waals surface area contributed by atoms with Gasteiger partial charge < -0.3 is 20.3 Å². The lowest BCUT2D eigenvalue weighted by atomic mass is 10.1. The summed E-state index contributed by atoms with van der Waals surface area (Å²) in [6, 6.07) is 7.54. The number of likely N-dealkylation sites (N-methyl/N-ethyl adjacent to an activating group) is 1. The number of benzene rings is 2. The van der Waals surface area contributed by atoms with Gasteiger partial charge in [-0.25, -0.2) is 0 Å². The molecule has 0 spiro atoms. The van der Waals surface area contributed by atoms with E-state index in [1.807, 2.05) is 0 Å². The molecule has 8 nitrogen and oxygen atoms in total. The second kappa shape index (κ2) is 7.63. The number of hydrogen-bond acceptors (Lipinski definition) is 6. The summed E-state index contributed by atoms with van der Waals surface area (Å²) in [7, 11) is 0. The van der Waals surface area contributed by atoms with Gasteiger partial charge in [0.25, 0.3) is 5.69 Å². The van der Waals surface area contributed by atoms with E-state index in [0.29, 0.717) is 17.7 Å². The van der Waals surface area contributed by atoms with Crippen molar-refractivity contribution in [2.24, 2.45) is 0 Å². The molecule has 142 valence electrons. The fourth-order valence-electron chi connectivity index (χ4n) is 3.28. The van der Waals surface area contributed by atoms with Crippen LogP contribution in [0.3, 0.4) is 0 Å². The summed E-state index contributed by atoms with van der Waals surface area (Å²) in [4.78, 5) is 29.1. The Hall–Kier alpha value is -3.13. The number of pyridine rings is 1. The lowest BCUT2D eigenvalue weighted by Gasteiger charge is -2.19. The van der Waals surface area contributed by atoms with Gasteiger partial charge in [0, 0.05) is 24.8 Å². The van der Waals surface area contributed by atoms with Crippen LogP contribution in [0, 0.1) is 10.1 Å². The average molecular weight is 370 g/mol. The van der Waals surface area contributed by atoms with Crippen LogP contribution >= 0.6 is 0 Å². The molecule has 0 fully saturated rings. The van der Waals surface area contributed by atoms with Crippen molar-refractivity contribution in [1.29, 1.82) is 0 Å². The maximum absolute atomic E-state index is 13.1. The van der Waals surface area contributed by atoms with Gasteiger partial charge in [-0.1, -0.05) is 19.9 Å². The molecule has 0 radical (unpaired) electrons. The highest BCUT2D eigenvalue weighted by Crippen LogP contribution is 2.31. The third kappa shape index (κ3) is 3.43. The third-order valence-electron chi connectivity index (χ3n) is 4.77. The molecule has 0 saturated heterocycles. The van der Waals surface area contributed by atoms with Crippen LogP contribution in [0.25, 0.3) is 21.8 Å². The van der Waals surface area contributed by atoms with Gasteiger partial charge in [0.05, 0.1) is 21.2 Å². The molecule has 27 heavy (non-hydrogen) atoms. The summed E-state index contributed by atoms with van der Waals surface area (Å²) >= 11 is 0. The molecule has 1 aromatic heterocycles. The Labute approximate surface area is 155 Å². The maximum Gasteiger partial charge on any atom is 0.293 e. The highest BCUT2D eigenvalue weighted by Gasteiger charge is 2.20. The number of nitro groups is 1. The number of non-ortho nitro benzene ring substituents is 1. The van der Waals surface area contributed by atoms with Crippen LogP contribution in [0.4, 0.5) is 11.4 Å². The van der Waals surface area contributed by atoms with Gasteiger partial charge in [-0.15, -0.1) is 0 Å². The van der Waals surface area contributed by atoms with E-state index in [-0.39, 0.29) is 27.7 Å². The molecule has 0 bridgehead atoms. The van der Waals surface area contributed by atoms with E-state index in [4.69, 9.17) is 0 Å². The predicted molar refractivity (Wildman–Crippen MR) is 107 cm³/mol. The summed E-state index contributed by atoms with van der Waals surface area (Å²) in [5.41, 5.74) is 0.397. The van der Waals surface area contributed by atoms with Crippen molar-refractivity contribution in [2.45, 2.75) is 13.8 Å². The number of nitrogens with one attached hydrogen (secondary N) is 2.